The summed E-state index contributed by atoms with van der Waals surface area (Å²) in [5.41, 5.74) is 0.436. The highest BCUT2D eigenvalue weighted by atomic mass is 35.5. The Morgan fingerprint density at radius 3 is 2.64 bits per heavy atom. The first-order valence-electron chi connectivity index (χ1n) is 3.78. The Labute approximate surface area is 91.2 Å². The first kappa shape index (κ1) is 11.1. The summed E-state index contributed by atoms with van der Waals surface area (Å²) in [5.74, 6) is -0.572. The molecule has 5 heteroatoms. The van der Waals surface area contributed by atoms with Crippen molar-refractivity contribution >= 4 is 29.2 Å². The smallest absolute Gasteiger partial charge is 0.308 e. The summed E-state index contributed by atoms with van der Waals surface area (Å²) in [6, 6.07) is 3.02. The van der Waals surface area contributed by atoms with E-state index < -0.39 is 5.97 Å². The van der Waals surface area contributed by atoms with E-state index in [1.54, 1.807) is 0 Å². The van der Waals surface area contributed by atoms with Crippen molar-refractivity contribution in [3.8, 4) is 5.75 Å². The normalized spacial score (nSPS) is 9.93. The van der Waals surface area contributed by atoms with Crippen molar-refractivity contribution in [1.29, 1.82) is 0 Å². The molecule has 0 saturated heterocycles. The highest BCUT2D eigenvalue weighted by molar-refractivity contribution is 6.35. The summed E-state index contributed by atoms with van der Waals surface area (Å²) in [4.78, 5) is 10.5. The van der Waals surface area contributed by atoms with Crippen LogP contribution in [0.2, 0.25) is 10.0 Å². The molecule has 0 spiro atoms. The van der Waals surface area contributed by atoms with Gasteiger partial charge in [0.05, 0.1) is 13.5 Å². The van der Waals surface area contributed by atoms with E-state index >= 15 is 0 Å². The third-order valence-corrected chi connectivity index (χ3v) is 2.22. The van der Waals surface area contributed by atoms with Gasteiger partial charge < -0.3 is 9.84 Å². The van der Waals surface area contributed by atoms with Crippen LogP contribution in [0.5, 0.6) is 5.75 Å². The van der Waals surface area contributed by atoms with Gasteiger partial charge in [0.2, 0.25) is 0 Å². The van der Waals surface area contributed by atoms with Crippen molar-refractivity contribution in [2.24, 2.45) is 0 Å². The van der Waals surface area contributed by atoms with E-state index in [9.17, 15) is 4.79 Å². The Bertz CT molecular complexity index is 363. The molecule has 0 unspecified atom stereocenters. The van der Waals surface area contributed by atoms with Crippen molar-refractivity contribution in [1.82, 2.24) is 0 Å². The summed E-state index contributed by atoms with van der Waals surface area (Å²) in [5, 5.41) is 9.35. The summed E-state index contributed by atoms with van der Waals surface area (Å²) >= 11 is 11.6. The number of hydrogen-bond acceptors (Lipinski definition) is 2. The maximum absolute atomic E-state index is 10.5. The van der Waals surface area contributed by atoms with Gasteiger partial charge in [0.1, 0.15) is 5.75 Å². The average Bonchev–Trinajstić information content (AvgIpc) is 2.08. The van der Waals surface area contributed by atoms with Crippen LogP contribution < -0.4 is 4.74 Å². The monoisotopic (exact) mass is 234 g/mol. The van der Waals surface area contributed by atoms with Gasteiger partial charge in [-0.25, -0.2) is 0 Å². The lowest BCUT2D eigenvalue weighted by Gasteiger charge is -2.08. The van der Waals surface area contributed by atoms with Gasteiger partial charge in [-0.3, -0.25) is 4.79 Å². The summed E-state index contributed by atoms with van der Waals surface area (Å²) < 4.78 is 4.98. The van der Waals surface area contributed by atoms with Crippen LogP contribution in [-0.4, -0.2) is 18.2 Å². The molecule has 0 saturated carbocycles. The second-order valence-electron chi connectivity index (χ2n) is 2.64. The molecule has 76 valence electrons. The molecule has 3 nitrogen and oxygen atoms in total. The first-order valence-corrected chi connectivity index (χ1v) is 4.54. The van der Waals surface area contributed by atoms with Crippen molar-refractivity contribution < 1.29 is 14.6 Å². The van der Waals surface area contributed by atoms with Crippen LogP contribution in [0.3, 0.4) is 0 Å². The molecule has 14 heavy (non-hydrogen) atoms. The Morgan fingerprint density at radius 1 is 1.50 bits per heavy atom. The van der Waals surface area contributed by atoms with Crippen LogP contribution in [0.1, 0.15) is 5.56 Å². The molecule has 0 radical (unpaired) electrons. The zero-order valence-electron chi connectivity index (χ0n) is 7.38. The number of carboxylic acids is 1. The van der Waals surface area contributed by atoms with Gasteiger partial charge in [0, 0.05) is 15.6 Å². The largest absolute Gasteiger partial charge is 0.496 e. The number of rotatable bonds is 3. The lowest BCUT2D eigenvalue weighted by Crippen LogP contribution is -2.03. The van der Waals surface area contributed by atoms with Crippen LogP contribution in [0.15, 0.2) is 12.1 Å². The van der Waals surface area contributed by atoms with E-state index in [1.165, 1.54) is 19.2 Å². The van der Waals surface area contributed by atoms with E-state index in [2.05, 4.69) is 0 Å². The van der Waals surface area contributed by atoms with E-state index in [-0.39, 0.29) is 6.42 Å². The number of carbonyl (C=O) groups is 1. The Kier molecular flexibility index (Phi) is 3.61. The van der Waals surface area contributed by atoms with Crippen molar-refractivity contribution in [2.75, 3.05) is 7.11 Å². The van der Waals surface area contributed by atoms with E-state index in [1.807, 2.05) is 0 Å². The Balaban J connectivity index is 3.18. The molecule has 0 atom stereocenters. The van der Waals surface area contributed by atoms with E-state index in [0.717, 1.165) is 0 Å². The maximum atomic E-state index is 10.5. The number of aliphatic carboxylic acids is 1. The molecular weight excluding hydrogens is 227 g/mol. The zero-order valence-corrected chi connectivity index (χ0v) is 8.89. The number of methoxy groups -OCH3 is 1. The number of benzene rings is 1. The van der Waals surface area contributed by atoms with Crippen LogP contribution in [0, 0.1) is 0 Å². The van der Waals surface area contributed by atoms with Crippen LogP contribution in [0.4, 0.5) is 0 Å². The van der Waals surface area contributed by atoms with Crippen LogP contribution >= 0.6 is 23.2 Å². The summed E-state index contributed by atoms with van der Waals surface area (Å²) in [6.07, 6.45) is -0.181. The predicted molar refractivity (Wildman–Crippen MR) is 54.4 cm³/mol. The molecule has 1 rings (SSSR count). The fourth-order valence-corrected chi connectivity index (χ4v) is 1.63. The Morgan fingerprint density at radius 2 is 2.14 bits per heavy atom. The molecule has 0 aliphatic carbocycles. The van der Waals surface area contributed by atoms with Crippen molar-refractivity contribution in [3.05, 3.63) is 27.7 Å². The van der Waals surface area contributed by atoms with Gasteiger partial charge in [-0.05, 0) is 12.1 Å². The topological polar surface area (TPSA) is 46.5 Å². The van der Waals surface area contributed by atoms with Gasteiger partial charge in [0.25, 0.3) is 0 Å². The SMILES string of the molecule is COc1cc(Cl)cc(Cl)c1CC(=O)O. The quantitative estimate of drug-likeness (QED) is 0.875. The highest BCUT2D eigenvalue weighted by Gasteiger charge is 2.12. The van der Waals surface area contributed by atoms with Gasteiger partial charge in [-0.15, -0.1) is 0 Å². The predicted octanol–water partition coefficient (Wildman–Crippen LogP) is 2.63. The molecule has 0 aromatic heterocycles. The molecule has 1 aromatic rings. The molecule has 0 heterocycles. The summed E-state index contributed by atoms with van der Waals surface area (Å²) in [7, 11) is 1.44. The molecular formula is C9H8Cl2O3. The first-order chi connectivity index (χ1) is 6.54. The fraction of sp³-hybridized carbons (Fsp3) is 0.222. The molecule has 0 bridgehead atoms. The Hall–Kier alpha value is -0.930. The lowest BCUT2D eigenvalue weighted by atomic mass is 10.1. The average molecular weight is 235 g/mol. The molecule has 0 fully saturated rings. The minimum atomic E-state index is -0.965. The van der Waals surface area contributed by atoms with Crippen LogP contribution in [-0.2, 0) is 11.2 Å². The van der Waals surface area contributed by atoms with Crippen molar-refractivity contribution in [3.63, 3.8) is 0 Å². The van der Waals surface area contributed by atoms with Gasteiger partial charge >= 0.3 is 5.97 Å². The number of carboxylic acid groups (broad SMARTS) is 1. The standard InChI is InChI=1S/C9H8Cl2O3/c1-14-8-3-5(10)2-7(11)6(8)4-9(12)13/h2-3H,4H2,1H3,(H,12,13). The zero-order chi connectivity index (χ0) is 10.7. The van der Waals surface area contributed by atoms with Gasteiger partial charge in [0.15, 0.2) is 0 Å². The second-order valence-corrected chi connectivity index (χ2v) is 3.48. The fourth-order valence-electron chi connectivity index (χ4n) is 1.08. The van der Waals surface area contributed by atoms with Crippen molar-refractivity contribution in [2.45, 2.75) is 6.42 Å². The van der Waals surface area contributed by atoms with Gasteiger partial charge in [-0.1, -0.05) is 23.2 Å². The second kappa shape index (κ2) is 4.53. The number of ether oxygens (including phenoxy) is 1. The third kappa shape index (κ3) is 2.53. The number of hydrogen-bond donors (Lipinski definition) is 1. The minimum absolute atomic E-state index is 0.181. The summed E-state index contributed by atoms with van der Waals surface area (Å²) in [6.45, 7) is 0. The van der Waals surface area contributed by atoms with Gasteiger partial charge in [-0.2, -0.15) is 0 Å². The van der Waals surface area contributed by atoms with E-state index in [4.69, 9.17) is 33.0 Å². The molecule has 1 N–H and O–H groups in total. The van der Waals surface area contributed by atoms with Crippen LogP contribution in [0.25, 0.3) is 0 Å². The molecule has 0 amide bonds. The molecule has 1 aromatic carbocycles. The highest BCUT2D eigenvalue weighted by Crippen LogP contribution is 2.31. The lowest BCUT2D eigenvalue weighted by molar-refractivity contribution is -0.136. The molecule has 0 aliphatic heterocycles. The number of halogens is 2. The minimum Gasteiger partial charge on any atom is -0.496 e. The third-order valence-electron chi connectivity index (χ3n) is 1.67. The maximum Gasteiger partial charge on any atom is 0.308 e. The van der Waals surface area contributed by atoms with E-state index in [0.29, 0.717) is 21.4 Å². The molecule has 0 aliphatic rings.